The molecule has 1 saturated carbocycles. The molecule has 0 unspecified atom stereocenters. The van der Waals surface area contributed by atoms with Crippen LogP contribution in [-0.2, 0) is 0 Å². The Hall–Kier alpha value is -1.82. The third kappa shape index (κ3) is 2.11. The highest BCUT2D eigenvalue weighted by Crippen LogP contribution is 2.37. The number of H-pyrrole nitrogens is 1. The van der Waals surface area contributed by atoms with Gasteiger partial charge in [0.2, 0.25) is 0 Å². The summed E-state index contributed by atoms with van der Waals surface area (Å²) < 4.78 is 1.71. The van der Waals surface area contributed by atoms with Gasteiger partial charge >= 0.3 is 5.69 Å². The smallest absolute Gasteiger partial charge is 0.298 e. The minimum atomic E-state index is -0.149. The average Bonchev–Trinajstić information content (AvgIpc) is 3.16. The van der Waals surface area contributed by atoms with E-state index in [1.165, 1.54) is 11.8 Å². The van der Waals surface area contributed by atoms with Crippen LogP contribution in [0.5, 0.6) is 0 Å². The van der Waals surface area contributed by atoms with Crippen LogP contribution in [0.1, 0.15) is 29.2 Å². The predicted octanol–water partition coefficient (Wildman–Crippen LogP) is 1.87. The second kappa shape index (κ2) is 4.45. The molecule has 1 N–H and O–H groups in total. The van der Waals surface area contributed by atoms with E-state index in [2.05, 4.69) is 10.2 Å². The van der Waals surface area contributed by atoms with E-state index in [9.17, 15) is 9.59 Å². The molecule has 0 amide bonds. The molecule has 3 rings (SSSR count). The Kier molecular flexibility index (Phi) is 2.79. The highest BCUT2D eigenvalue weighted by atomic mass is 32.2. The van der Waals surface area contributed by atoms with Crippen molar-refractivity contribution in [3.05, 3.63) is 40.3 Å². The van der Waals surface area contributed by atoms with E-state index in [-0.39, 0.29) is 5.69 Å². The molecular formula is C12H11N3O2S. The lowest BCUT2D eigenvalue weighted by Gasteiger charge is -2.03. The van der Waals surface area contributed by atoms with Crippen LogP contribution < -0.4 is 5.69 Å². The molecule has 2 aromatic rings. The maximum atomic E-state index is 11.6. The predicted molar refractivity (Wildman–Crippen MR) is 67.1 cm³/mol. The van der Waals surface area contributed by atoms with Crippen molar-refractivity contribution in [3.63, 3.8) is 0 Å². The largest absolute Gasteiger partial charge is 0.344 e. The fourth-order valence-corrected chi connectivity index (χ4v) is 2.64. The van der Waals surface area contributed by atoms with Crippen LogP contribution >= 0.6 is 11.8 Å². The third-order valence-corrected chi connectivity index (χ3v) is 3.79. The maximum absolute atomic E-state index is 11.6. The molecular weight excluding hydrogens is 250 g/mol. The molecule has 1 aliphatic carbocycles. The summed E-state index contributed by atoms with van der Waals surface area (Å²) in [6.45, 7) is 0. The minimum absolute atomic E-state index is 0.149. The van der Waals surface area contributed by atoms with E-state index < -0.39 is 0 Å². The fourth-order valence-electron chi connectivity index (χ4n) is 1.74. The quantitative estimate of drug-likeness (QED) is 0.853. The number of hydrogen-bond donors (Lipinski definition) is 1. The van der Waals surface area contributed by atoms with Gasteiger partial charge in [-0.05, 0) is 36.7 Å². The standard InChI is InChI=1S/C12H11N3O2S/c16-7-8-1-5-10(6-2-8)18-12-14-13-11(17)15(12)9-3-4-9/h1-2,5-7,9H,3-4H2,(H,13,17). The van der Waals surface area contributed by atoms with Gasteiger partial charge in [0.05, 0.1) is 0 Å². The third-order valence-electron chi connectivity index (χ3n) is 2.81. The lowest BCUT2D eigenvalue weighted by atomic mass is 10.2. The first-order valence-corrected chi connectivity index (χ1v) is 6.49. The molecule has 0 spiro atoms. The highest BCUT2D eigenvalue weighted by molar-refractivity contribution is 7.99. The van der Waals surface area contributed by atoms with Gasteiger partial charge in [0.1, 0.15) is 6.29 Å². The molecule has 0 saturated heterocycles. The normalized spacial score (nSPS) is 14.7. The van der Waals surface area contributed by atoms with Crippen molar-refractivity contribution in [1.82, 2.24) is 14.8 Å². The lowest BCUT2D eigenvalue weighted by molar-refractivity contribution is 0.112. The average molecular weight is 261 g/mol. The zero-order chi connectivity index (χ0) is 12.5. The van der Waals surface area contributed by atoms with E-state index in [1.807, 2.05) is 12.1 Å². The van der Waals surface area contributed by atoms with Gasteiger partial charge in [0, 0.05) is 16.5 Å². The zero-order valence-corrected chi connectivity index (χ0v) is 10.3. The Balaban J connectivity index is 1.87. The molecule has 1 aliphatic rings. The van der Waals surface area contributed by atoms with Gasteiger partial charge in [-0.2, -0.15) is 0 Å². The Morgan fingerprint density at radius 1 is 1.33 bits per heavy atom. The van der Waals surface area contributed by atoms with E-state index in [1.54, 1.807) is 16.7 Å². The summed E-state index contributed by atoms with van der Waals surface area (Å²) in [4.78, 5) is 23.1. The zero-order valence-electron chi connectivity index (χ0n) is 9.50. The van der Waals surface area contributed by atoms with Crippen LogP contribution in [0.15, 0.2) is 39.1 Å². The summed E-state index contributed by atoms with van der Waals surface area (Å²) >= 11 is 1.43. The maximum Gasteiger partial charge on any atom is 0.344 e. The van der Waals surface area contributed by atoms with Crippen LogP contribution in [0.3, 0.4) is 0 Å². The molecule has 92 valence electrons. The summed E-state index contributed by atoms with van der Waals surface area (Å²) in [7, 11) is 0. The molecule has 18 heavy (non-hydrogen) atoms. The van der Waals surface area contributed by atoms with E-state index in [0.29, 0.717) is 16.8 Å². The number of aromatic amines is 1. The topological polar surface area (TPSA) is 67.8 Å². The molecule has 0 bridgehead atoms. The summed E-state index contributed by atoms with van der Waals surface area (Å²) in [5.74, 6) is 0. The summed E-state index contributed by atoms with van der Waals surface area (Å²) in [5, 5.41) is 7.20. The number of nitrogens with zero attached hydrogens (tertiary/aromatic N) is 2. The van der Waals surface area contributed by atoms with Gasteiger partial charge < -0.3 is 0 Å². The first-order chi connectivity index (χ1) is 8.78. The number of carbonyl (C=O) groups is 1. The van der Waals surface area contributed by atoms with Crippen LogP contribution in [0.4, 0.5) is 0 Å². The van der Waals surface area contributed by atoms with E-state index in [0.717, 1.165) is 24.0 Å². The van der Waals surface area contributed by atoms with Gasteiger partial charge in [-0.15, -0.1) is 5.10 Å². The van der Waals surface area contributed by atoms with Crippen LogP contribution in [0.2, 0.25) is 0 Å². The Morgan fingerprint density at radius 3 is 2.67 bits per heavy atom. The van der Waals surface area contributed by atoms with Crippen LogP contribution in [0, 0.1) is 0 Å². The van der Waals surface area contributed by atoms with Gasteiger partial charge in [0.25, 0.3) is 0 Å². The van der Waals surface area contributed by atoms with Gasteiger partial charge in [-0.25, -0.2) is 9.89 Å². The van der Waals surface area contributed by atoms with Crippen molar-refractivity contribution in [2.45, 2.75) is 28.9 Å². The molecule has 1 fully saturated rings. The summed E-state index contributed by atoms with van der Waals surface area (Å²) in [6, 6.07) is 7.51. The van der Waals surface area contributed by atoms with Crippen molar-refractivity contribution in [2.24, 2.45) is 0 Å². The first kappa shape index (κ1) is 11.3. The second-order valence-electron chi connectivity index (χ2n) is 4.20. The molecule has 5 nitrogen and oxygen atoms in total. The molecule has 1 heterocycles. The lowest BCUT2D eigenvalue weighted by Crippen LogP contribution is -2.15. The summed E-state index contributed by atoms with van der Waals surface area (Å²) in [6.07, 6.45) is 2.89. The van der Waals surface area contributed by atoms with Crippen LogP contribution in [0.25, 0.3) is 0 Å². The number of hydrogen-bond acceptors (Lipinski definition) is 4. The number of rotatable bonds is 4. The Bertz CT molecular complexity index is 626. The van der Waals surface area contributed by atoms with Crippen molar-refractivity contribution >= 4 is 18.0 Å². The number of aromatic nitrogens is 3. The molecule has 0 radical (unpaired) electrons. The number of nitrogens with one attached hydrogen (secondary N) is 1. The minimum Gasteiger partial charge on any atom is -0.298 e. The SMILES string of the molecule is O=Cc1ccc(Sc2n[nH]c(=O)n2C2CC2)cc1. The molecule has 0 aliphatic heterocycles. The monoisotopic (exact) mass is 261 g/mol. The number of benzene rings is 1. The van der Waals surface area contributed by atoms with E-state index >= 15 is 0 Å². The van der Waals surface area contributed by atoms with Gasteiger partial charge in [-0.3, -0.25) is 9.36 Å². The molecule has 1 aromatic heterocycles. The second-order valence-corrected chi connectivity index (χ2v) is 5.24. The van der Waals surface area contributed by atoms with Crippen molar-refractivity contribution < 1.29 is 4.79 Å². The van der Waals surface area contributed by atoms with Gasteiger partial charge in [-0.1, -0.05) is 12.1 Å². The van der Waals surface area contributed by atoms with Crippen molar-refractivity contribution in [1.29, 1.82) is 0 Å². The molecule has 6 heteroatoms. The van der Waals surface area contributed by atoms with Crippen molar-refractivity contribution in [3.8, 4) is 0 Å². The Morgan fingerprint density at radius 2 is 2.06 bits per heavy atom. The fraction of sp³-hybridized carbons (Fsp3) is 0.250. The number of aldehydes is 1. The summed E-state index contributed by atoms with van der Waals surface area (Å²) in [5.41, 5.74) is 0.491. The Labute approximate surface area is 107 Å². The molecule has 1 aromatic carbocycles. The van der Waals surface area contributed by atoms with Gasteiger partial charge in [0.15, 0.2) is 5.16 Å². The molecule has 0 atom stereocenters. The highest BCUT2D eigenvalue weighted by Gasteiger charge is 2.28. The van der Waals surface area contributed by atoms with E-state index in [4.69, 9.17) is 0 Å². The van der Waals surface area contributed by atoms with Crippen LogP contribution in [-0.4, -0.2) is 21.1 Å². The van der Waals surface area contributed by atoms with Crippen molar-refractivity contribution in [2.75, 3.05) is 0 Å². The number of carbonyl (C=O) groups excluding carboxylic acids is 1. The first-order valence-electron chi connectivity index (χ1n) is 5.68.